The first kappa shape index (κ1) is 15.8. The Hall–Kier alpha value is -2.11. The molecular formula is C17H20FNO4. The summed E-state index contributed by atoms with van der Waals surface area (Å²) in [7, 11) is 0. The molecule has 5 nitrogen and oxygen atoms in total. The molecule has 1 saturated carbocycles. The van der Waals surface area contributed by atoms with Crippen LogP contribution in [0.4, 0.5) is 4.39 Å². The first-order valence-electron chi connectivity index (χ1n) is 7.89. The van der Waals surface area contributed by atoms with Crippen molar-refractivity contribution < 1.29 is 23.8 Å². The fourth-order valence-corrected chi connectivity index (χ4v) is 3.30. The second-order valence-corrected chi connectivity index (χ2v) is 6.40. The van der Waals surface area contributed by atoms with Crippen molar-refractivity contribution >= 4 is 11.9 Å². The third kappa shape index (κ3) is 3.46. The Morgan fingerprint density at radius 3 is 2.48 bits per heavy atom. The van der Waals surface area contributed by atoms with Crippen LogP contribution in [0.1, 0.15) is 19.8 Å². The number of amides is 1. The largest absolute Gasteiger partial charge is 0.481 e. The van der Waals surface area contributed by atoms with Gasteiger partial charge in [-0.2, -0.15) is 0 Å². The van der Waals surface area contributed by atoms with Crippen molar-refractivity contribution in [1.82, 2.24) is 4.90 Å². The number of carbonyl (C=O) groups excluding carboxylic acids is 1. The maximum Gasteiger partial charge on any atom is 0.308 e. The van der Waals surface area contributed by atoms with Crippen molar-refractivity contribution in [3.8, 4) is 5.75 Å². The van der Waals surface area contributed by atoms with E-state index in [-0.39, 0.29) is 24.2 Å². The molecule has 1 aromatic rings. The van der Waals surface area contributed by atoms with E-state index in [0.29, 0.717) is 18.2 Å². The summed E-state index contributed by atoms with van der Waals surface area (Å²) in [4.78, 5) is 25.5. The van der Waals surface area contributed by atoms with Crippen molar-refractivity contribution in [2.45, 2.75) is 25.9 Å². The zero-order valence-corrected chi connectivity index (χ0v) is 12.9. The highest BCUT2D eigenvalue weighted by Gasteiger charge is 2.47. The van der Waals surface area contributed by atoms with E-state index in [2.05, 4.69) is 0 Å². The minimum Gasteiger partial charge on any atom is -0.481 e. The van der Waals surface area contributed by atoms with Gasteiger partial charge in [0.25, 0.3) is 5.91 Å². The molecule has 3 rings (SSSR count). The topological polar surface area (TPSA) is 66.8 Å². The molecule has 1 unspecified atom stereocenters. The highest BCUT2D eigenvalue weighted by atomic mass is 19.1. The average molecular weight is 321 g/mol. The normalized spacial score (nSPS) is 25.2. The first-order valence-corrected chi connectivity index (χ1v) is 7.89. The fourth-order valence-electron chi connectivity index (χ4n) is 3.30. The van der Waals surface area contributed by atoms with Gasteiger partial charge in [0, 0.05) is 13.1 Å². The maximum atomic E-state index is 12.9. The number of benzene rings is 1. The molecule has 1 aliphatic carbocycles. The summed E-state index contributed by atoms with van der Waals surface area (Å²) in [5, 5.41) is 9.35. The molecule has 23 heavy (non-hydrogen) atoms. The Kier molecular flexibility index (Phi) is 4.24. The van der Waals surface area contributed by atoms with Gasteiger partial charge in [-0.3, -0.25) is 9.59 Å². The van der Waals surface area contributed by atoms with Crippen LogP contribution >= 0.6 is 0 Å². The van der Waals surface area contributed by atoms with Gasteiger partial charge in [-0.15, -0.1) is 0 Å². The van der Waals surface area contributed by atoms with Gasteiger partial charge in [0.05, 0.1) is 5.92 Å². The van der Waals surface area contributed by atoms with Crippen molar-refractivity contribution in [1.29, 1.82) is 0 Å². The number of hydrogen-bond acceptors (Lipinski definition) is 3. The zero-order chi connectivity index (χ0) is 16.6. The number of carboxylic acids is 1. The molecule has 3 atom stereocenters. The van der Waals surface area contributed by atoms with Crippen LogP contribution in [0.25, 0.3) is 0 Å². The molecule has 2 aliphatic rings. The zero-order valence-electron chi connectivity index (χ0n) is 12.9. The summed E-state index contributed by atoms with van der Waals surface area (Å²) in [6, 6.07) is 5.48. The SMILES string of the molecule is CC(Oc1ccc(F)cc1)C(=O)N1C[C@H](C(=O)O)[C@@H](C2CC2)C1. The summed E-state index contributed by atoms with van der Waals surface area (Å²) in [5.74, 6) is -0.999. The number of carboxylic acid groups (broad SMARTS) is 1. The van der Waals surface area contributed by atoms with Crippen LogP contribution in [0.15, 0.2) is 24.3 Å². The Morgan fingerprint density at radius 1 is 1.26 bits per heavy atom. The molecule has 0 radical (unpaired) electrons. The molecule has 0 bridgehead atoms. The Bertz CT molecular complexity index is 599. The van der Waals surface area contributed by atoms with Gasteiger partial charge in [-0.05, 0) is 55.9 Å². The van der Waals surface area contributed by atoms with E-state index in [4.69, 9.17) is 4.74 Å². The van der Waals surface area contributed by atoms with Crippen LogP contribution in [-0.4, -0.2) is 41.1 Å². The smallest absolute Gasteiger partial charge is 0.308 e. The van der Waals surface area contributed by atoms with Crippen LogP contribution in [-0.2, 0) is 9.59 Å². The van der Waals surface area contributed by atoms with Gasteiger partial charge < -0.3 is 14.7 Å². The number of rotatable bonds is 5. The summed E-state index contributed by atoms with van der Waals surface area (Å²) >= 11 is 0. The number of carbonyl (C=O) groups is 2. The van der Waals surface area contributed by atoms with Crippen molar-refractivity contribution in [3.05, 3.63) is 30.1 Å². The second kappa shape index (κ2) is 6.18. The van der Waals surface area contributed by atoms with Gasteiger partial charge in [-0.25, -0.2) is 4.39 Å². The number of ether oxygens (including phenoxy) is 1. The second-order valence-electron chi connectivity index (χ2n) is 6.40. The predicted molar refractivity (Wildman–Crippen MR) is 80.4 cm³/mol. The number of likely N-dealkylation sites (tertiary alicyclic amines) is 1. The molecule has 6 heteroatoms. The lowest BCUT2D eigenvalue weighted by atomic mass is 9.92. The lowest BCUT2D eigenvalue weighted by Crippen LogP contribution is -2.39. The van der Waals surface area contributed by atoms with Gasteiger partial charge in [-0.1, -0.05) is 0 Å². The maximum absolute atomic E-state index is 12.9. The van der Waals surface area contributed by atoms with E-state index in [1.165, 1.54) is 24.3 Å². The van der Waals surface area contributed by atoms with E-state index in [1.807, 2.05) is 0 Å². The molecule has 2 fully saturated rings. The summed E-state index contributed by atoms with van der Waals surface area (Å²) in [6.07, 6.45) is 1.38. The number of hydrogen-bond donors (Lipinski definition) is 1. The molecule has 1 amide bonds. The highest BCUT2D eigenvalue weighted by Crippen LogP contribution is 2.44. The minimum absolute atomic E-state index is 0.0504. The van der Waals surface area contributed by atoms with Crippen LogP contribution < -0.4 is 4.74 Å². The number of nitrogens with zero attached hydrogens (tertiary/aromatic N) is 1. The van der Waals surface area contributed by atoms with Gasteiger partial charge in [0.2, 0.25) is 0 Å². The molecular weight excluding hydrogens is 301 g/mol. The van der Waals surface area contributed by atoms with Crippen LogP contribution in [0, 0.1) is 23.6 Å². The standard InChI is InChI=1S/C17H20FNO4/c1-10(23-13-6-4-12(18)5-7-13)16(20)19-8-14(11-2-3-11)15(9-19)17(21)22/h4-7,10-11,14-15H,2-3,8-9H2,1H3,(H,21,22)/t10?,14-,15+/m1/s1. The number of aliphatic carboxylic acids is 1. The lowest BCUT2D eigenvalue weighted by Gasteiger charge is -2.21. The monoisotopic (exact) mass is 321 g/mol. The van der Waals surface area contributed by atoms with Gasteiger partial charge in [0.1, 0.15) is 11.6 Å². The minimum atomic E-state index is -0.829. The third-order valence-electron chi connectivity index (χ3n) is 4.70. The molecule has 1 heterocycles. The molecule has 0 aromatic heterocycles. The Labute approximate surface area is 134 Å². The molecule has 0 spiro atoms. The summed E-state index contributed by atoms with van der Waals surface area (Å²) in [5.41, 5.74) is 0. The van der Waals surface area contributed by atoms with E-state index in [1.54, 1.807) is 11.8 Å². The quantitative estimate of drug-likeness (QED) is 0.902. The fraction of sp³-hybridized carbons (Fsp3) is 0.529. The van der Waals surface area contributed by atoms with E-state index in [0.717, 1.165) is 12.8 Å². The molecule has 1 N–H and O–H groups in total. The van der Waals surface area contributed by atoms with Crippen LogP contribution in [0.2, 0.25) is 0 Å². The molecule has 124 valence electrons. The predicted octanol–water partition coefficient (Wildman–Crippen LogP) is 2.16. The van der Waals surface area contributed by atoms with Crippen molar-refractivity contribution in [3.63, 3.8) is 0 Å². The molecule has 1 aliphatic heterocycles. The van der Waals surface area contributed by atoms with Gasteiger partial charge in [0.15, 0.2) is 6.10 Å². The van der Waals surface area contributed by atoms with Crippen LogP contribution in [0.5, 0.6) is 5.75 Å². The van der Waals surface area contributed by atoms with Gasteiger partial charge >= 0.3 is 5.97 Å². The number of halogens is 1. The molecule has 1 saturated heterocycles. The first-order chi connectivity index (χ1) is 11.0. The average Bonchev–Trinajstić information content (AvgIpc) is 3.27. The van der Waals surface area contributed by atoms with E-state index < -0.39 is 18.0 Å². The van der Waals surface area contributed by atoms with Crippen molar-refractivity contribution in [2.75, 3.05) is 13.1 Å². The third-order valence-corrected chi connectivity index (χ3v) is 4.70. The molecule has 1 aromatic carbocycles. The Morgan fingerprint density at radius 2 is 1.91 bits per heavy atom. The highest BCUT2D eigenvalue weighted by molar-refractivity contribution is 5.82. The van der Waals surface area contributed by atoms with Crippen molar-refractivity contribution in [2.24, 2.45) is 17.8 Å². The lowest BCUT2D eigenvalue weighted by molar-refractivity contribution is -0.143. The van der Waals surface area contributed by atoms with E-state index >= 15 is 0 Å². The van der Waals surface area contributed by atoms with E-state index in [9.17, 15) is 19.1 Å². The Balaban J connectivity index is 1.63. The van der Waals surface area contributed by atoms with Crippen LogP contribution in [0.3, 0.4) is 0 Å². The summed E-state index contributed by atoms with van der Waals surface area (Å²) < 4.78 is 18.4. The summed E-state index contributed by atoms with van der Waals surface area (Å²) in [6.45, 7) is 2.36.